The minimum absolute atomic E-state index is 0.0995. The number of ether oxygens (including phenoxy) is 1. The maximum atomic E-state index is 12.5. The van der Waals surface area contributed by atoms with Gasteiger partial charge in [-0.05, 0) is 19.3 Å². The van der Waals surface area contributed by atoms with Crippen LogP contribution in [0.1, 0.15) is 37.3 Å². The molecule has 0 saturated carbocycles. The largest absolute Gasteiger partial charge is 0.368 e. The maximum Gasteiger partial charge on any atom is 0.251 e. The molecule has 0 unspecified atom stereocenters. The molecule has 0 spiro atoms. The number of amides is 2. The molecular formula is C16H23N5O3. The van der Waals surface area contributed by atoms with Gasteiger partial charge in [-0.3, -0.25) is 9.59 Å². The summed E-state index contributed by atoms with van der Waals surface area (Å²) in [6.45, 7) is 3.97. The lowest BCUT2D eigenvalue weighted by Crippen LogP contribution is -2.40. The highest BCUT2D eigenvalue weighted by Gasteiger charge is 2.30. The first-order chi connectivity index (χ1) is 11.7. The molecule has 0 radical (unpaired) electrons. The van der Waals surface area contributed by atoms with E-state index in [1.807, 2.05) is 9.80 Å². The van der Waals surface area contributed by atoms with Gasteiger partial charge in [-0.25, -0.2) is 0 Å². The summed E-state index contributed by atoms with van der Waals surface area (Å²) in [6, 6.07) is 0. The molecule has 0 aromatic carbocycles. The SMILES string of the molecule is O=C1CCCN1Cc1nnc2n1CCN(C(=O)[C@@H]1CCCO1)CC2. The summed E-state index contributed by atoms with van der Waals surface area (Å²) in [7, 11) is 0. The third-order valence-electron chi connectivity index (χ3n) is 5.12. The molecule has 1 aromatic rings. The molecule has 3 aliphatic heterocycles. The van der Waals surface area contributed by atoms with Crippen LogP contribution in [0.2, 0.25) is 0 Å². The van der Waals surface area contributed by atoms with Crippen molar-refractivity contribution in [1.29, 1.82) is 0 Å². The number of aromatic nitrogens is 3. The molecular weight excluding hydrogens is 310 g/mol. The van der Waals surface area contributed by atoms with E-state index in [2.05, 4.69) is 14.8 Å². The van der Waals surface area contributed by atoms with E-state index in [9.17, 15) is 9.59 Å². The van der Waals surface area contributed by atoms with Crippen LogP contribution in [0.25, 0.3) is 0 Å². The van der Waals surface area contributed by atoms with Crippen molar-refractivity contribution in [3.8, 4) is 0 Å². The van der Waals surface area contributed by atoms with Crippen LogP contribution < -0.4 is 0 Å². The molecule has 2 fully saturated rings. The normalized spacial score (nSPS) is 24.3. The van der Waals surface area contributed by atoms with Crippen LogP contribution in [0.5, 0.6) is 0 Å². The van der Waals surface area contributed by atoms with Crippen molar-refractivity contribution >= 4 is 11.8 Å². The molecule has 24 heavy (non-hydrogen) atoms. The predicted octanol–water partition coefficient (Wildman–Crippen LogP) is -0.0358. The second kappa shape index (κ2) is 6.51. The number of carbonyl (C=O) groups is 2. The lowest BCUT2D eigenvalue weighted by atomic mass is 10.2. The van der Waals surface area contributed by atoms with Crippen molar-refractivity contribution in [3.05, 3.63) is 11.6 Å². The van der Waals surface area contributed by atoms with E-state index < -0.39 is 0 Å². The quantitative estimate of drug-likeness (QED) is 0.776. The van der Waals surface area contributed by atoms with Gasteiger partial charge in [0.15, 0.2) is 5.82 Å². The van der Waals surface area contributed by atoms with Crippen molar-refractivity contribution in [1.82, 2.24) is 24.6 Å². The van der Waals surface area contributed by atoms with E-state index in [1.54, 1.807) is 0 Å². The van der Waals surface area contributed by atoms with Crippen LogP contribution in [0, 0.1) is 0 Å². The summed E-state index contributed by atoms with van der Waals surface area (Å²) in [5.74, 6) is 2.02. The molecule has 1 atom stereocenters. The van der Waals surface area contributed by atoms with Crippen LogP contribution in [0.15, 0.2) is 0 Å². The van der Waals surface area contributed by atoms with Crippen molar-refractivity contribution < 1.29 is 14.3 Å². The fraction of sp³-hybridized carbons (Fsp3) is 0.750. The highest BCUT2D eigenvalue weighted by atomic mass is 16.5. The van der Waals surface area contributed by atoms with Gasteiger partial charge in [0.25, 0.3) is 5.91 Å². The zero-order chi connectivity index (χ0) is 16.5. The standard InChI is InChI=1S/C16H23N5O3/c22-15-4-1-6-20(15)11-14-18-17-13-5-7-19(8-9-21(13)14)16(23)12-3-2-10-24-12/h12H,1-11H2/t12-/m0/s1. The molecule has 3 aliphatic rings. The Bertz CT molecular complexity index is 638. The highest BCUT2D eigenvalue weighted by molar-refractivity contribution is 5.81. The summed E-state index contributed by atoms with van der Waals surface area (Å²) in [6.07, 6.45) is 3.76. The average molecular weight is 333 g/mol. The van der Waals surface area contributed by atoms with Crippen molar-refractivity contribution in [3.63, 3.8) is 0 Å². The molecule has 0 aliphatic carbocycles. The molecule has 4 rings (SSSR count). The molecule has 130 valence electrons. The number of hydrogen-bond acceptors (Lipinski definition) is 5. The van der Waals surface area contributed by atoms with E-state index in [4.69, 9.17) is 4.74 Å². The number of nitrogens with zero attached hydrogens (tertiary/aromatic N) is 5. The van der Waals surface area contributed by atoms with Gasteiger partial charge >= 0.3 is 0 Å². The van der Waals surface area contributed by atoms with Crippen molar-refractivity contribution in [2.45, 2.75) is 51.3 Å². The van der Waals surface area contributed by atoms with Gasteiger partial charge in [-0.1, -0.05) is 0 Å². The smallest absolute Gasteiger partial charge is 0.251 e. The Balaban J connectivity index is 1.43. The topological polar surface area (TPSA) is 80.6 Å². The Morgan fingerprint density at radius 1 is 1.12 bits per heavy atom. The number of carbonyl (C=O) groups excluding carboxylic acids is 2. The fourth-order valence-corrected chi connectivity index (χ4v) is 3.74. The monoisotopic (exact) mass is 333 g/mol. The lowest BCUT2D eigenvalue weighted by molar-refractivity contribution is -0.140. The second-order valence-electron chi connectivity index (χ2n) is 6.68. The van der Waals surface area contributed by atoms with Gasteiger partial charge in [-0.15, -0.1) is 10.2 Å². The summed E-state index contributed by atoms with van der Waals surface area (Å²) < 4.78 is 7.60. The molecule has 2 saturated heterocycles. The van der Waals surface area contributed by atoms with Gasteiger partial charge in [0, 0.05) is 45.6 Å². The zero-order valence-electron chi connectivity index (χ0n) is 13.8. The van der Waals surface area contributed by atoms with Gasteiger partial charge in [-0.2, -0.15) is 0 Å². The Labute approximate surface area is 140 Å². The molecule has 8 nitrogen and oxygen atoms in total. The molecule has 1 aromatic heterocycles. The van der Waals surface area contributed by atoms with Crippen LogP contribution in [0.4, 0.5) is 0 Å². The van der Waals surface area contributed by atoms with E-state index in [0.29, 0.717) is 45.6 Å². The second-order valence-corrected chi connectivity index (χ2v) is 6.68. The fourth-order valence-electron chi connectivity index (χ4n) is 3.74. The Morgan fingerprint density at radius 3 is 2.79 bits per heavy atom. The molecule has 0 N–H and O–H groups in total. The Morgan fingerprint density at radius 2 is 2.04 bits per heavy atom. The van der Waals surface area contributed by atoms with Gasteiger partial charge in [0.2, 0.25) is 5.91 Å². The molecule has 8 heteroatoms. The maximum absolute atomic E-state index is 12.5. The minimum Gasteiger partial charge on any atom is -0.368 e. The average Bonchev–Trinajstić information content (AvgIpc) is 3.29. The van der Waals surface area contributed by atoms with Crippen LogP contribution in [-0.4, -0.2) is 68.7 Å². The molecule has 0 bridgehead atoms. The molecule has 4 heterocycles. The van der Waals surface area contributed by atoms with Gasteiger partial charge < -0.3 is 19.1 Å². The first-order valence-corrected chi connectivity index (χ1v) is 8.81. The first kappa shape index (κ1) is 15.6. The van der Waals surface area contributed by atoms with E-state index in [0.717, 1.165) is 37.5 Å². The number of fused-ring (bicyclic) bond motifs is 1. The minimum atomic E-state index is -0.268. The summed E-state index contributed by atoms with van der Waals surface area (Å²) >= 11 is 0. The van der Waals surface area contributed by atoms with Gasteiger partial charge in [0.05, 0.1) is 6.54 Å². The zero-order valence-corrected chi connectivity index (χ0v) is 13.8. The lowest BCUT2D eigenvalue weighted by Gasteiger charge is -2.23. The number of rotatable bonds is 3. The van der Waals surface area contributed by atoms with E-state index in [-0.39, 0.29) is 17.9 Å². The number of hydrogen-bond donors (Lipinski definition) is 0. The third-order valence-corrected chi connectivity index (χ3v) is 5.12. The van der Waals surface area contributed by atoms with E-state index in [1.165, 1.54) is 0 Å². The third kappa shape index (κ3) is 2.90. The van der Waals surface area contributed by atoms with Crippen LogP contribution >= 0.6 is 0 Å². The van der Waals surface area contributed by atoms with Gasteiger partial charge in [0.1, 0.15) is 11.9 Å². The van der Waals surface area contributed by atoms with Crippen LogP contribution in [0.3, 0.4) is 0 Å². The Kier molecular flexibility index (Phi) is 4.22. The summed E-state index contributed by atoms with van der Waals surface area (Å²) in [4.78, 5) is 28.1. The first-order valence-electron chi connectivity index (χ1n) is 8.81. The predicted molar refractivity (Wildman–Crippen MR) is 83.9 cm³/mol. The Hall–Kier alpha value is -1.96. The summed E-state index contributed by atoms with van der Waals surface area (Å²) in [5.41, 5.74) is 0. The van der Waals surface area contributed by atoms with Crippen molar-refractivity contribution in [2.75, 3.05) is 26.2 Å². The number of likely N-dealkylation sites (tertiary alicyclic amines) is 1. The highest BCUT2D eigenvalue weighted by Crippen LogP contribution is 2.18. The molecule has 2 amide bonds. The summed E-state index contributed by atoms with van der Waals surface area (Å²) in [5, 5.41) is 8.56. The van der Waals surface area contributed by atoms with Crippen molar-refractivity contribution in [2.24, 2.45) is 0 Å². The van der Waals surface area contributed by atoms with Crippen LogP contribution in [-0.2, 0) is 33.8 Å². The van der Waals surface area contributed by atoms with E-state index >= 15 is 0 Å².